The van der Waals surface area contributed by atoms with Crippen LogP contribution in [0.25, 0.3) is 6.08 Å². The normalized spacial score (nSPS) is 42.2. The van der Waals surface area contributed by atoms with Gasteiger partial charge in [-0.05, 0) is 127 Å². The number of carbonyl (C=O) groups excluding carboxylic acids is 2. The number of rotatable bonds is 4. The summed E-state index contributed by atoms with van der Waals surface area (Å²) in [5.41, 5.74) is 2.61. The van der Waals surface area contributed by atoms with E-state index in [0.717, 1.165) is 57.8 Å². The number of hydrogen-bond acceptors (Lipinski definition) is 5. The highest BCUT2D eigenvalue weighted by Gasteiger charge is 2.68. The van der Waals surface area contributed by atoms with Gasteiger partial charge in [-0.1, -0.05) is 66.2 Å². The molecule has 8 atom stereocenters. The van der Waals surface area contributed by atoms with E-state index in [-0.39, 0.29) is 56.1 Å². The van der Waals surface area contributed by atoms with Gasteiger partial charge in [-0.2, -0.15) is 0 Å². The number of aldehydes is 1. The molecule has 5 nitrogen and oxygen atoms in total. The van der Waals surface area contributed by atoms with Gasteiger partial charge in [-0.3, -0.25) is 0 Å². The van der Waals surface area contributed by atoms with Crippen LogP contribution in [-0.2, 0) is 14.3 Å². The predicted octanol–water partition coefficient (Wildman–Crippen LogP) is 9.02. The minimum Gasteiger partial charge on any atom is -0.504 e. The third kappa shape index (κ3) is 4.53. The van der Waals surface area contributed by atoms with Crippen molar-refractivity contribution in [2.24, 2.45) is 50.2 Å². The Balaban J connectivity index is 1.24. The second kappa shape index (κ2) is 10.2. The summed E-state index contributed by atoms with van der Waals surface area (Å²) >= 11 is 0. The van der Waals surface area contributed by atoms with Gasteiger partial charge in [0.15, 0.2) is 11.5 Å². The van der Waals surface area contributed by atoms with Crippen LogP contribution in [0.15, 0.2) is 35.9 Å². The molecule has 5 aliphatic rings. The van der Waals surface area contributed by atoms with Gasteiger partial charge >= 0.3 is 5.97 Å². The molecule has 0 saturated heterocycles. The summed E-state index contributed by atoms with van der Waals surface area (Å²) < 4.78 is 6.16. The Labute approximate surface area is 264 Å². The maximum atomic E-state index is 13.0. The van der Waals surface area contributed by atoms with E-state index in [1.54, 1.807) is 17.7 Å². The summed E-state index contributed by atoms with van der Waals surface area (Å²) in [6.07, 6.45) is 17.6. The predicted molar refractivity (Wildman–Crippen MR) is 174 cm³/mol. The number of phenols is 2. The summed E-state index contributed by atoms with van der Waals surface area (Å²) in [5, 5.41) is 19.4. The molecule has 1 aromatic carbocycles. The average molecular weight is 603 g/mol. The lowest BCUT2D eigenvalue weighted by molar-refractivity contribution is -0.210. The number of fused-ring (bicyclic) bond motifs is 7. The molecule has 4 fully saturated rings. The van der Waals surface area contributed by atoms with Gasteiger partial charge in [0.2, 0.25) is 0 Å². The molecule has 0 radical (unpaired) electrons. The van der Waals surface area contributed by atoms with Gasteiger partial charge in [0.05, 0.1) is 0 Å². The number of allylic oxidation sites excluding steroid dienone is 2. The van der Waals surface area contributed by atoms with Gasteiger partial charge in [0.1, 0.15) is 12.4 Å². The number of hydrogen-bond donors (Lipinski definition) is 2. The fourth-order valence-corrected chi connectivity index (χ4v) is 11.7. The molecule has 240 valence electrons. The van der Waals surface area contributed by atoms with Crippen LogP contribution in [0.3, 0.4) is 0 Å². The minimum absolute atomic E-state index is 0.107. The van der Waals surface area contributed by atoms with Gasteiger partial charge in [-0.15, -0.1) is 0 Å². The molecule has 0 bridgehead atoms. The van der Waals surface area contributed by atoms with Crippen LogP contribution in [0.5, 0.6) is 11.5 Å². The Morgan fingerprint density at radius 2 is 1.61 bits per heavy atom. The third-order valence-electron chi connectivity index (χ3n) is 14.5. The number of carbonyl (C=O) groups is 2. The zero-order chi connectivity index (χ0) is 31.9. The Morgan fingerprint density at radius 3 is 2.32 bits per heavy atom. The molecular formula is C39H54O5. The van der Waals surface area contributed by atoms with E-state index < -0.39 is 0 Å². The van der Waals surface area contributed by atoms with Crippen molar-refractivity contribution in [1.82, 2.24) is 0 Å². The first-order valence-electron chi connectivity index (χ1n) is 17.1. The van der Waals surface area contributed by atoms with Crippen molar-refractivity contribution >= 4 is 18.3 Å². The molecule has 44 heavy (non-hydrogen) atoms. The molecule has 6 rings (SSSR count). The zero-order valence-corrected chi connectivity index (χ0v) is 28.0. The van der Waals surface area contributed by atoms with Gasteiger partial charge in [0, 0.05) is 16.9 Å². The van der Waals surface area contributed by atoms with E-state index in [2.05, 4.69) is 54.5 Å². The molecule has 0 heterocycles. The lowest BCUT2D eigenvalue weighted by atomic mass is 9.33. The highest BCUT2D eigenvalue weighted by molar-refractivity contribution is 5.87. The monoisotopic (exact) mass is 602 g/mol. The average Bonchev–Trinajstić information content (AvgIpc) is 2.95. The van der Waals surface area contributed by atoms with E-state index in [9.17, 15) is 19.8 Å². The molecular weight excluding hydrogens is 548 g/mol. The Kier molecular flexibility index (Phi) is 7.30. The van der Waals surface area contributed by atoms with Crippen LogP contribution in [0.2, 0.25) is 0 Å². The first kappa shape index (κ1) is 31.4. The number of benzene rings is 1. The summed E-state index contributed by atoms with van der Waals surface area (Å²) in [6, 6.07) is 4.49. The summed E-state index contributed by atoms with van der Waals surface area (Å²) in [7, 11) is 0. The van der Waals surface area contributed by atoms with E-state index >= 15 is 0 Å². The maximum Gasteiger partial charge on any atom is 0.331 e. The highest BCUT2D eigenvalue weighted by atomic mass is 16.5. The number of ether oxygens (including phenoxy) is 1. The number of aromatic hydroxyl groups is 2. The lowest BCUT2D eigenvalue weighted by Crippen LogP contribution is -2.65. The van der Waals surface area contributed by atoms with Crippen molar-refractivity contribution in [3.63, 3.8) is 0 Å². The van der Waals surface area contributed by atoms with Crippen LogP contribution in [0, 0.1) is 50.2 Å². The first-order chi connectivity index (χ1) is 20.5. The lowest BCUT2D eigenvalue weighted by Gasteiger charge is -2.71. The molecule has 0 amide bonds. The smallest absolute Gasteiger partial charge is 0.331 e. The summed E-state index contributed by atoms with van der Waals surface area (Å²) in [4.78, 5) is 25.7. The van der Waals surface area contributed by atoms with Crippen molar-refractivity contribution in [3.8, 4) is 11.5 Å². The van der Waals surface area contributed by atoms with Crippen molar-refractivity contribution < 1.29 is 24.5 Å². The van der Waals surface area contributed by atoms with Crippen LogP contribution in [-0.4, -0.2) is 28.6 Å². The molecule has 0 aliphatic heterocycles. The SMILES string of the molecule is CC1(C)CC[C@]2(C=O)CC[C@]3(C)C(=CC[C@@H]4[C@@]5(C)CC[C@H](OC(=O)C=Cc6ccc(O)c(O)c6)C(C)(C)[C@@H]5CC[C@]43C)[C@@H]2C1. The van der Waals surface area contributed by atoms with Gasteiger partial charge in [-0.25, -0.2) is 4.79 Å². The summed E-state index contributed by atoms with van der Waals surface area (Å²) in [5.74, 6) is 0.609. The Hall–Kier alpha value is -2.56. The van der Waals surface area contributed by atoms with Crippen molar-refractivity contribution in [2.45, 2.75) is 119 Å². The Bertz CT molecular complexity index is 1400. The molecule has 2 N–H and O–H groups in total. The van der Waals surface area contributed by atoms with Gasteiger partial charge in [0.25, 0.3) is 0 Å². The number of esters is 1. The molecule has 0 spiro atoms. The second-order valence-electron chi connectivity index (χ2n) is 17.4. The maximum absolute atomic E-state index is 13.0. The van der Waals surface area contributed by atoms with Crippen LogP contribution >= 0.6 is 0 Å². The van der Waals surface area contributed by atoms with Crippen LogP contribution < -0.4 is 0 Å². The van der Waals surface area contributed by atoms with Crippen molar-refractivity contribution in [2.75, 3.05) is 0 Å². The van der Waals surface area contributed by atoms with E-state index in [1.165, 1.54) is 30.9 Å². The molecule has 5 aliphatic carbocycles. The quantitative estimate of drug-likeness (QED) is 0.118. The van der Waals surface area contributed by atoms with Gasteiger partial charge < -0.3 is 19.7 Å². The van der Waals surface area contributed by atoms with E-state index in [1.807, 2.05) is 0 Å². The second-order valence-corrected chi connectivity index (χ2v) is 17.4. The molecule has 0 unspecified atom stereocenters. The fourth-order valence-electron chi connectivity index (χ4n) is 11.7. The molecule has 0 aromatic heterocycles. The molecule has 1 aromatic rings. The minimum atomic E-state index is -0.367. The Morgan fingerprint density at radius 1 is 0.886 bits per heavy atom. The largest absolute Gasteiger partial charge is 0.504 e. The third-order valence-corrected chi connectivity index (χ3v) is 14.5. The van der Waals surface area contributed by atoms with E-state index in [0.29, 0.717) is 23.3 Å². The molecule has 5 heteroatoms. The first-order valence-corrected chi connectivity index (χ1v) is 17.1. The zero-order valence-electron chi connectivity index (χ0n) is 28.0. The fraction of sp³-hybridized carbons (Fsp3) is 0.692. The topological polar surface area (TPSA) is 83.8 Å². The van der Waals surface area contributed by atoms with Crippen molar-refractivity contribution in [1.29, 1.82) is 0 Å². The molecule has 4 saturated carbocycles. The van der Waals surface area contributed by atoms with Crippen LogP contribution in [0.4, 0.5) is 0 Å². The standard InChI is InChI=1S/C39H54O5/c1-34(2)18-20-39(24-40)21-19-37(6)26(27(39)23-34)10-12-31-36(5)16-15-32(35(3,4)30(36)14-17-38(31,37)7)44-33(43)13-9-25-8-11-28(41)29(42)22-25/h8-11,13,22,24,27,30-32,41-42H,12,14-21,23H2,1-7H3/t27-,30-,31+,32-,36-,37+,38+,39+/m0/s1. The number of phenolic OH excluding ortho intramolecular Hbond substituents is 2. The van der Waals surface area contributed by atoms with Crippen molar-refractivity contribution in [3.05, 3.63) is 41.5 Å². The van der Waals surface area contributed by atoms with Crippen LogP contribution in [0.1, 0.15) is 118 Å². The van der Waals surface area contributed by atoms with E-state index in [4.69, 9.17) is 4.74 Å². The highest BCUT2D eigenvalue weighted by Crippen LogP contribution is 2.75. The summed E-state index contributed by atoms with van der Waals surface area (Å²) in [6.45, 7) is 17.1.